The van der Waals surface area contributed by atoms with Crippen LogP contribution in [0, 0.1) is 5.92 Å². The second-order valence-corrected chi connectivity index (χ2v) is 7.55. The van der Waals surface area contributed by atoms with Gasteiger partial charge in [0.2, 0.25) is 0 Å². The number of rotatable bonds is 5. The first kappa shape index (κ1) is 16.2. The van der Waals surface area contributed by atoms with E-state index >= 15 is 0 Å². The van der Waals surface area contributed by atoms with E-state index < -0.39 is 16.2 Å². The smallest absolute Gasteiger partial charge is 0.307 e. The van der Waals surface area contributed by atoms with Crippen LogP contribution in [-0.4, -0.2) is 50.1 Å². The molecule has 0 radical (unpaired) electrons. The molecule has 1 saturated carbocycles. The van der Waals surface area contributed by atoms with Gasteiger partial charge in [0.05, 0.1) is 12.5 Å². The minimum atomic E-state index is -3.59. The average molecular weight is 340 g/mol. The highest BCUT2D eigenvalue weighted by atomic mass is 32.2. The standard InChI is InChI=1S/C15H20N2O5S/c18-15(19)14-10-13(14)11-2-4-12(5-3-11)16-23(20,21)17-6-1-8-22-9-7-17/h2-5,13-14,16H,1,6-10H2,(H,18,19)/t13-,14+/m0/s1. The third-order valence-corrected chi connectivity index (χ3v) is 5.75. The summed E-state index contributed by atoms with van der Waals surface area (Å²) in [6.45, 7) is 1.76. The number of aliphatic carboxylic acids is 1. The fourth-order valence-electron chi connectivity index (χ4n) is 2.81. The zero-order valence-electron chi connectivity index (χ0n) is 12.6. The predicted octanol–water partition coefficient (Wildman–Crippen LogP) is 1.25. The predicted molar refractivity (Wildman–Crippen MR) is 84.5 cm³/mol. The maximum Gasteiger partial charge on any atom is 0.307 e. The molecule has 2 aliphatic rings. The number of ether oxygens (including phenoxy) is 1. The van der Waals surface area contributed by atoms with E-state index in [0.29, 0.717) is 44.8 Å². The summed E-state index contributed by atoms with van der Waals surface area (Å²) >= 11 is 0. The van der Waals surface area contributed by atoms with Crippen LogP contribution in [0.3, 0.4) is 0 Å². The Kier molecular flexibility index (Phi) is 4.56. The molecule has 23 heavy (non-hydrogen) atoms. The van der Waals surface area contributed by atoms with Crippen LogP contribution in [0.5, 0.6) is 0 Å². The number of benzene rings is 1. The van der Waals surface area contributed by atoms with Crippen molar-refractivity contribution >= 4 is 21.9 Å². The Bertz CT molecular complexity index is 666. The minimum Gasteiger partial charge on any atom is -0.481 e. The lowest BCUT2D eigenvalue weighted by Gasteiger charge is -2.20. The molecule has 0 bridgehead atoms. The van der Waals surface area contributed by atoms with E-state index in [1.807, 2.05) is 0 Å². The van der Waals surface area contributed by atoms with E-state index in [4.69, 9.17) is 9.84 Å². The van der Waals surface area contributed by atoms with Gasteiger partial charge in [-0.15, -0.1) is 0 Å². The lowest BCUT2D eigenvalue weighted by molar-refractivity contribution is -0.138. The molecule has 0 amide bonds. The second-order valence-electron chi connectivity index (χ2n) is 5.88. The van der Waals surface area contributed by atoms with Gasteiger partial charge in [0.15, 0.2) is 0 Å². The van der Waals surface area contributed by atoms with Crippen molar-refractivity contribution in [2.24, 2.45) is 5.92 Å². The van der Waals surface area contributed by atoms with Crippen LogP contribution in [0.4, 0.5) is 5.69 Å². The number of nitrogens with one attached hydrogen (secondary N) is 1. The molecule has 1 aliphatic carbocycles. The second kappa shape index (κ2) is 6.46. The van der Waals surface area contributed by atoms with E-state index in [0.717, 1.165) is 5.56 Å². The van der Waals surface area contributed by atoms with Gasteiger partial charge in [0.25, 0.3) is 0 Å². The molecule has 2 atom stereocenters. The van der Waals surface area contributed by atoms with Crippen LogP contribution >= 0.6 is 0 Å². The lowest BCUT2D eigenvalue weighted by atomic mass is 10.1. The largest absolute Gasteiger partial charge is 0.481 e. The summed E-state index contributed by atoms with van der Waals surface area (Å²) in [5.74, 6) is -1.04. The van der Waals surface area contributed by atoms with Gasteiger partial charge in [0, 0.05) is 25.4 Å². The van der Waals surface area contributed by atoms with Crippen molar-refractivity contribution in [3.63, 3.8) is 0 Å². The van der Waals surface area contributed by atoms with Crippen molar-refractivity contribution in [3.8, 4) is 0 Å². The van der Waals surface area contributed by atoms with E-state index in [1.165, 1.54) is 4.31 Å². The summed E-state index contributed by atoms with van der Waals surface area (Å²) in [4.78, 5) is 10.9. The zero-order valence-corrected chi connectivity index (χ0v) is 13.5. The number of carbonyl (C=O) groups is 1. The van der Waals surface area contributed by atoms with E-state index in [1.54, 1.807) is 24.3 Å². The van der Waals surface area contributed by atoms with Gasteiger partial charge >= 0.3 is 16.2 Å². The Hall–Kier alpha value is -1.64. The van der Waals surface area contributed by atoms with Crippen molar-refractivity contribution in [3.05, 3.63) is 29.8 Å². The Balaban J connectivity index is 1.64. The first-order valence-electron chi connectivity index (χ1n) is 7.66. The molecule has 0 aromatic heterocycles. The number of carboxylic acid groups (broad SMARTS) is 1. The van der Waals surface area contributed by atoms with Crippen LogP contribution in [-0.2, 0) is 19.7 Å². The molecule has 1 aromatic rings. The summed E-state index contributed by atoms with van der Waals surface area (Å²) in [7, 11) is -3.59. The van der Waals surface area contributed by atoms with E-state index in [9.17, 15) is 13.2 Å². The molecule has 0 unspecified atom stereocenters. The van der Waals surface area contributed by atoms with Gasteiger partial charge in [-0.3, -0.25) is 9.52 Å². The maximum atomic E-state index is 12.4. The SMILES string of the molecule is O=C(O)[C@@H]1C[C@H]1c1ccc(NS(=O)(=O)N2CCCOCC2)cc1. The van der Waals surface area contributed by atoms with Crippen molar-refractivity contribution in [1.29, 1.82) is 0 Å². The molecular formula is C15H20N2O5S. The van der Waals surface area contributed by atoms with Crippen molar-refractivity contribution in [2.45, 2.75) is 18.8 Å². The van der Waals surface area contributed by atoms with Crippen molar-refractivity contribution in [1.82, 2.24) is 4.31 Å². The molecule has 8 heteroatoms. The number of hydrogen-bond acceptors (Lipinski definition) is 4. The number of anilines is 1. The van der Waals surface area contributed by atoms with Gasteiger partial charge in [-0.2, -0.15) is 12.7 Å². The number of nitrogens with zero attached hydrogens (tertiary/aromatic N) is 1. The third kappa shape index (κ3) is 3.82. The van der Waals surface area contributed by atoms with Gasteiger partial charge in [-0.1, -0.05) is 12.1 Å². The lowest BCUT2D eigenvalue weighted by Crippen LogP contribution is -2.37. The normalized spacial score (nSPS) is 25.6. The van der Waals surface area contributed by atoms with Gasteiger partial charge < -0.3 is 9.84 Å². The molecule has 1 heterocycles. The summed E-state index contributed by atoms with van der Waals surface area (Å²) in [5.41, 5.74) is 1.41. The van der Waals surface area contributed by atoms with E-state index in [-0.39, 0.29) is 11.8 Å². The first-order chi connectivity index (χ1) is 11.0. The Morgan fingerprint density at radius 3 is 2.61 bits per heavy atom. The van der Waals surface area contributed by atoms with Crippen LogP contribution in [0.25, 0.3) is 0 Å². The van der Waals surface area contributed by atoms with Gasteiger partial charge in [-0.25, -0.2) is 0 Å². The fourth-order valence-corrected chi connectivity index (χ4v) is 4.06. The Labute approximate surface area is 135 Å². The molecule has 1 aliphatic heterocycles. The summed E-state index contributed by atoms with van der Waals surface area (Å²) in [5, 5.41) is 8.95. The van der Waals surface area contributed by atoms with Crippen molar-refractivity contribution < 1.29 is 23.1 Å². The summed E-state index contributed by atoms with van der Waals surface area (Å²) in [6, 6.07) is 6.94. The van der Waals surface area contributed by atoms with Crippen LogP contribution in [0.1, 0.15) is 24.3 Å². The average Bonchev–Trinajstić information content (AvgIpc) is 3.32. The third-order valence-electron chi connectivity index (χ3n) is 4.21. The highest BCUT2D eigenvalue weighted by Crippen LogP contribution is 2.47. The van der Waals surface area contributed by atoms with Gasteiger partial charge in [-0.05, 0) is 36.5 Å². The molecule has 1 saturated heterocycles. The van der Waals surface area contributed by atoms with Crippen molar-refractivity contribution in [2.75, 3.05) is 31.0 Å². The fraction of sp³-hybridized carbons (Fsp3) is 0.533. The molecule has 0 spiro atoms. The molecule has 1 aromatic carbocycles. The van der Waals surface area contributed by atoms with Crippen LogP contribution in [0.2, 0.25) is 0 Å². The molecule has 2 fully saturated rings. The quantitative estimate of drug-likeness (QED) is 0.841. The minimum absolute atomic E-state index is 0.0425. The Morgan fingerprint density at radius 1 is 1.22 bits per heavy atom. The topological polar surface area (TPSA) is 95.9 Å². The first-order valence-corrected chi connectivity index (χ1v) is 9.10. The number of carboxylic acids is 1. The Morgan fingerprint density at radius 2 is 1.96 bits per heavy atom. The summed E-state index contributed by atoms with van der Waals surface area (Å²) < 4.78 is 33.9. The number of hydrogen-bond donors (Lipinski definition) is 2. The molecule has 3 rings (SSSR count). The van der Waals surface area contributed by atoms with Gasteiger partial charge in [0.1, 0.15) is 0 Å². The van der Waals surface area contributed by atoms with E-state index in [2.05, 4.69) is 4.72 Å². The summed E-state index contributed by atoms with van der Waals surface area (Å²) in [6.07, 6.45) is 1.33. The maximum absolute atomic E-state index is 12.4. The molecule has 126 valence electrons. The molecule has 2 N–H and O–H groups in total. The highest BCUT2D eigenvalue weighted by molar-refractivity contribution is 7.90. The van der Waals surface area contributed by atoms with Crippen LogP contribution < -0.4 is 4.72 Å². The van der Waals surface area contributed by atoms with Crippen LogP contribution in [0.15, 0.2) is 24.3 Å². The monoisotopic (exact) mass is 340 g/mol. The molecule has 7 nitrogen and oxygen atoms in total. The highest BCUT2D eigenvalue weighted by Gasteiger charge is 2.44. The zero-order chi connectivity index (χ0) is 16.4. The molecular weight excluding hydrogens is 320 g/mol.